The summed E-state index contributed by atoms with van der Waals surface area (Å²) in [6, 6.07) is 5.83. The van der Waals surface area contributed by atoms with Crippen molar-refractivity contribution in [1.29, 1.82) is 0 Å². The third kappa shape index (κ3) is 9.85. The fourth-order valence-electron chi connectivity index (χ4n) is 1.17. The van der Waals surface area contributed by atoms with E-state index in [1.807, 2.05) is 25.1 Å². The van der Waals surface area contributed by atoms with E-state index in [4.69, 9.17) is 28.0 Å². The Morgan fingerprint density at radius 3 is 2.39 bits per heavy atom. The van der Waals surface area contributed by atoms with Gasteiger partial charge in [0.05, 0.1) is 6.61 Å². The van der Waals surface area contributed by atoms with Gasteiger partial charge >= 0.3 is 10.4 Å². The van der Waals surface area contributed by atoms with Crippen LogP contribution in [-0.4, -0.2) is 37.8 Å². The fourth-order valence-corrected chi connectivity index (χ4v) is 1.17. The summed E-state index contributed by atoms with van der Waals surface area (Å²) in [7, 11) is -2.97. The maximum atomic E-state index is 8.74. The number of nitrogen functional groups attached to an aromatic ring is 1. The number of nitrogens with two attached hydrogens (primary N) is 1. The highest BCUT2D eigenvalue weighted by molar-refractivity contribution is 7.79. The van der Waals surface area contributed by atoms with Crippen molar-refractivity contribution in [3.63, 3.8) is 0 Å². The van der Waals surface area contributed by atoms with Crippen molar-refractivity contribution >= 4 is 21.8 Å². The molecular weight excluding hydrogens is 260 g/mol. The van der Waals surface area contributed by atoms with Gasteiger partial charge in [0.2, 0.25) is 0 Å². The van der Waals surface area contributed by atoms with E-state index in [1.54, 1.807) is 7.11 Å². The molecule has 0 atom stereocenters. The molecule has 0 saturated heterocycles. The molecule has 0 amide bonds. The van der Waals surface area contributed by atoms with E-state index in [-0.39, 0.29) is 0 Å². The van der Waals surface area contributed by atoms with Gasteiger partial charge in [-0.05, 0) is 30.7 Å². The summed E-state index contributed by atoms with van der Waals surface area (Å²) in [5.41, 5.74) is 8.71. The smallest absolute Gasteiger partial charge is 0.394 e. The fraction of sp³-hybridized carbons (Fsp3) is 0.400. The normalized spacial score (nSPS) is 10.4. The van der Waals surface area contributed by atoms with E-state index in [0.29, 0.717) is 6.61 Å². The monoisotopic (exact) mass is 278 g/mol. The summed E-state index contributed by atoms with van der Waals surface area (Å²) in [5.74, 6) is 0. The molecule has 0 saturated carbocycles. The predicted octanol–water partition coefficient (Wildman–Crippen LogP) is 0.983. The second-order valence-electron chi connectivity index (χ2n) is 3.44. The van der Waals surface area contributed by atoms with Gasteiger partial charge < -0.3 is 15.8 Å². The first-order chi connectivity index (χ1) is 8.24. The number of methoxy groups -OCH3 is 1. The number of hydrogen-bond acceptors (Lipinski definition) is 5. The molecule has 0 spiro atoms. The average Bonchev–Trinajstić information content (AvgIpc) is 2.19. The highest BCUT2D eigenvalue weighted by Gasteiger charge is 1.96. The second-order valence-corrected chi connectivity index (χ2v) is 4.34. The maximum absolute atomic E-state index is 8.74. The minimum atomic E-state index is -4.67. The van der Waals surface area contributed by atoms with Crippen LogP contribution in [0.5, 0.6) is 0 Å². The van der Waals surface area contributed by atoms with Gasteiger partial charge in [0.1, 0.15) is 0 Å². The highest BCUT2D eigenvalue weighted by Crippen LogP contribution is 2.16. The number of hydrogen-bond donors (Lipinski definition) is 4. The minimum Gasteiger partial charge on any atom is -0.399 e. The molecule has 8 heteroatoms. The Labute approximate surface area is 107 Å². The van der Waals surface area contributed by atoms with Crippen molar-refractivity contribution < 1.29 is 22.3 Å². The molecule has 1 aromatic carbocycles. The van der Waals surface area contributed by atoms with Crippen LogP contribution in [0, 0.1) is 6.92 Å². The number of nitrogens with one attached hydrogen (secondary N) is 1. The van der Waals surface area contributed by atoms with Gasteiger partial charge in [-0.3, -0.25) is 9.11 Å². The lowest BCUT2D eigenvalue weighted by Gasteiger charge is -2.09. The van der Waals surface area contributed by atoms with Crippen molar-refractivity contribution in [2.24, 2.45) is 0 Å². The Balaban J connectivity index is 0.000000494. The van der Waals surface area contributed by atoms with Crippen LogP contribution < -0.4 is 11.1 Å². The molecule has 7 nitrogen and oxygen atoms in total. The maximum Gasteiger partial charge on any atom is 0.394 e. The summed E-state index contributed by atoms with van der Waals surface area (Å²) in [6.45, 7) is 3.57. The molecular formula is C10H18N2O5S. The van der Waals surface area contributed by atoms with Crippen molar-refractivity contribution in [1.82, 2.24) is 0 Å². The number of aryl methyl sites for hydroxylation is 1. The highest BCUT2D eigenvalue weighted by atomic mass is 32.3. The van der Waals surface area contributed by atoms with Crippen LogP contribution in [0.3, 0.4) is 0 Å². The Kier molecular flexibility index (Phi) is 7.29. The van der Waals surface area contributed by atoms with E-state index < -0.39 is 10.4 Å². The molecule has 0 bridgehead atoms. The van der Waals surface area contributed by atoms with Crippen LogP contribution in [0.2, 0.25) is 0 Å². The molecule has 18 heavy (non-hydrogen) atoms. The lowest BCUT2D eigenvalue weighted by molar-refractivity contribution is 0.211. The van der Waals surface area contributed by atoms with E-state index in [2.05, 4.69) is 5.32 Å². The average molecular weight is 278 g/mol. The van der Waals surface area contributed by atoms with Gasteiger partial charge in [-0.2, -0.15) is 8.42 Å². The van der Waals surface area contributed by atoms with Crippen LogP contribution in [0.1, 0.15) is 5.56 Å². The second kappa shape index (κ2) is 7.88. The standard InChI is InChI=1S/C10H16N2O.H2O4S/c1-8-7-9(11)3-4-10(8)12-5-6-13-2;1-5(2,3)4/h3-4,7,12H,5-6,11H2,1-2H3;(H2,1,2,3,4). The van der Waals surface area contributed by atoms with E-state index in [1.165, 1.54) is 0 Å². The Morgan fingerprint density at radius 1 is 1.39 bits per heavy atom. The minimum absolute atomic E-state index is 0.712. The summed E-state index contributed by atoms with van der Waals surface area (Å²) < 4.78 is 36.5. The van der Waals surface area contributed by atoms with Gasteiger partial charge in [0, 0.05) is 25.0 Å². The Hall–Kier alpha value is -1.35. The van der Waals surface area contributed by atoms with Crippen LogP contribution in [0.15, 0.2) is 18.2 Å². The first kappa shape index (κ1) is 16.6. The lowest BCUT2D eigenvalue weighted by Crippen LogP contribution is -2.08. The van der Waals surface area contributed by atoms with Gasteiger partial charge in [-0.25, -0.2) is 0 Å². The number of benzene rings is 1. The summed E-state index contributed by atoms with van der Waals surface area (Å²) >= 11 is 0. The topological polar surface area (TPSA) is 122 Å². The van der Waals surface area contributed by atoms with Crippen molar-refractivity contribution in [3.05, 3.63) is 23.8 Å². The lowest BCUT2D eigenvalue weighted by atomic mass is 10.2. The summed E-state index contributed by atoms with van der Waals surface area (Å²) in [4.78, 5) is 0. The number of rotatable bonds is 4. The van der Waals surface area contributed by atoms with Crippen molar-refractivity contribution in [2.45, 2.75) is 6.92 Å². The SMILES string of the molecule is COCCNc1ccc(N)cc1C.O=S(=O)(O)O. The third-order valence-corrected chi connectivity index (χ3v) is 1.87. The molecule has 104 valence electrons. The van der Waals surface area contributed by atoms with Crippen molar-refractivity contribution in [3.8, 4) is 0 Å². The number of anilines is 2. The molecule has 0 unspecified atom stereocenters. The molecule has 0 heterocycles. The van der Waals surface area contributed by atoms with Crippen LogP contribution >= 0.6 is 0 Å². The zero-order valence-electron chi connectivity index (χ0n) is 10.3. The zero-order chi connectivity index (χ0) is 14.2. The molecule has 0 aromatic heterocycles. The van der Waals surface area contributed by atoms with E-state index in [9.17, 15) is 0 Å². The molecule has 0 aliphatic carbocycles. The van der Waals surface area contributed by atoms with Gasteiger partial charge in [-0.15, -0.1) is 0 Å². The van der Waals surface area contributed by atoms with Gasteiger partial charge in [-0.1, -0.05) is 0 Å². The first-order valence-electron chi connectivity index (χ1n) is 5.03. The molecule has 0 aliphatic heterocycles. The summed E-state index contributed by atoms with van der Waals surface area (Å²) in [5, 5.41) is 3.26. The Bertz CT molecular complexity index is 453. The predicted molar refractivity (Wildman–Crippen MR) is 70.1 cm³/mol. The third-order valence-electron chi connectivity index (χ3n) is 1.87. The van der Waals surface area contributed by atoms with E-state index in [0.717, 1.165) is 23.5 Å². The largest absolute Gasteiger partial charge is 0.399 e. The van der Waals surface area contributed by atoms with Gasteiger partial charge in [0.25, 0.3) is 0 Å². The van der Waals surface area contributed by atoms with Gasteiger partial charge in [0.15, 0.2) is 0 Å². The van der Waals surface area contributed by atoms with Crippen LogP contribution in [-0.2, 0) is 15.1 Å². The first-order valence-corrected chi connectivity index (χ1v) is 6.42. The molecule has 5 N–H and O–H groups in total. The van der Waals surface area contributed by atoms with E-state index >= 15 is 0 Å². The molecule has 1 rings (SSSR count). The Morgan fingerprint density at radius 2 is 1.94 bits per heavy atom. The molecule has 1 aromatic rings. The molecule has 0 fully saturated rings. The van der Waals surface area contributed by atoms with Crippen molar-refractivity contribution in [2.75, 3.05) is 31.3 Å². The summed E-state index contributed by atoms with van der Waals surface area (Å²) in [6.07, 6.45) is 0. The quantitative estimate of drug-likeness (QED) is 0.368. The molecule has 0 aliphatic rings. The van der Waals surface area contributed by atoms with Crippen LogP contribution in [0.4, 0.5) is 11.4 Å². The molecule has 0 radical (unpaired) electrons. The zero-order valence-corrected chi connectivity index (χ0v) is 11.1. The van der Waals surface area contributed by atoms with Crippen LogP contribution in [0.25, 0.3) is 0 Å². The number of ether oxygens (including phenoxy) is 1.